The third-order valence-electron chi connectivity index (χ3n) is 3.92. The second-order valence-corrected chi connectivity index (χ2v) is 5.11. The molecule has 0 aromatic heterocycles. The van der Waals surface area contributed by atoms with Crippen LogP contribution in [0.2, 0.25) is 0 Å². The van der Waals surface area contributed by atoms with E-state index in [0.29, 0.717) is 5.92 Å². The van der Waals surface area contributed by atoms with Crippen LogP contribution in [-0.2, 0) is 9.53 Å². The van der Waals surface area contributed by atoms with Gasteiger partial charge in [0, 0.05) is 19.2 Å². The monoisotopic (exact) mass is 227 g/mol. The van der Waals surface area contributed by atoms with Gasteiger partial charge in [-0.05, 0) is 38.6 Å². The van der Waals surface area contributed by atoms with Crippen molar-refractivity contribution in [3.05, 3.63) is 0 Å². The number of hydrogen-bond acceptors (Lipinski definition) is 3. The molecule has 1 saturated carbocycles. The number of hydrogen-bond donors (Lipinski definition) is 1. The quantitative estimate of drug-likeness (QED) is 0.784. The fourth-order valence-corrected chi connectivity index (χ4v) is 2.79. The maximum Gasteiger partial charge on any atom is 0.308 e. The van der Waals surface area contributed by atoms with Crippen LogP contribution in [0, 0.1) is 11.8 Å². The first-order chi connectivity index (χ1) is 7.68. The van der Waals surface area contributed by atoms with E-state index in [1.807, 2.05) is 7.05 Å². The van der Waals surface area contributed by atoms with Crippen LogP contribution < -0.4 is 0 Å². The van der Waals surface area contributed by atoms with Gasteiger partial charge in [-0.25, -0.2) is 0 Å². The molecule has 4 heteroatoms. The zero-order chi connectivity index (χ0) is 11.5. The van der Waals surface area contributed by atoms with Gasteiger partial charge in [-0.2, -0.15) is 0 Å². The maximum absolute atomic E-state index is 10.9. The summed E-state index contributed by atoms with van der Waals surface area (Å²) in [6.45, 7) is 2.71. The fraction of sp³-hybridized carbons (Fsp3) is 0.917. The van der Waals surface area contributed by atoms with Crippen molar-refractivity contribution in [2.75, 3.05) is 26.8 Å². The molecule has 2 fully saturated rings. The smallest absolute Gasteiger partial charge is 0.308 e. The topological polar surface area (TPSA) is 49.8 Å². The molecule has 92 valence electrons. The van der Waals surface area contributed by atoms with Gasteiger partial charge in [0.15, 0.2) is 0 Å². The van der Waals surface area contributed by atoms with Crippen LogP contribution in [0.3, 0.4) is 0 Å². The van der Waals surface area contributed by atoms with Crippen LogP contribution in [0.5, 0.6) is 0 Å². The molecule has 3 atom stereocenters. The van der Waals surface area contributed by atoms with E-state index in [1.54, 1.807) is 0 Å². The molecule has 1 N–H and O–H groups in total. The van der Waals surface area contributed by atoms with Crippen molar-refractivity contribution < 1.29 is 14.6 Å². The Morgan fingerprint density at radius 2 is 2.25 bits per heavy atom. The van der Waals surface area contributed by atoms with E-state index < -0.39 is 5.97 Å². The third-order valence-corrected chi connectivity index (χ3v) is 3.92. The Balaban J connectivity index is 1.78. The Bertz CT molecular complexity index is 251. The van der Waals surface area contributed by atoms with E-state index in [-0.39, 0.29) is 12.0 Å². The molecule has 0 aromatic carbocycles. The summed E-state index contributed by atoms with van der Waals surface area (Å²) in [5.74, 6) is -0.189. The standard InChI is InChI=1S/C12H21NO3/c1-13(7-9-3-2-6-16-8-9)11-5-4-10(11)12(14)15/h9-11H,2-8H2,1H3,(H,14,15). The first kappa shape index (κ1) is 11.9. The number of aliphatic carboxylic acids is 1. The molecule has 1 saturated heterocycles. The SMILES string of the molecule is CN(CC1CCCOC1)C1CCC1C(=O)O. The summed E-state index contributed by atoms with van der Waals surface area (Å²) in [7, 11) is 2.05. The number of rotatable bonds is 4. The summed E-state index contributed by atoms with van der Waals surface area (Å²) in [6, 6.07) is 0.249. The Morgan fingerprint density at radius 3 is 2.75 bits per heavy atom. The Labute approximate surface area is 96.6 Å². The Hall–Kier alpha value is -0.610. The van der Waals surface area contributed by atoms with Crippen molar-refractivity contribution in [3.63, 3.8) is 0 Å². The van der Waals surface area contributed by atoms with Crippen molar-refractivity contribution >= 4 is 5.97 Å². The van der Waals surface area contributed by atoms with Crippen LogP contribution in [0.4, 0.5) is 0 Å². The van der Waals surface area contributed by atoms with E-state index >= 15 is 0 Å². The second kappa shape index (κ2) is 5.15. The van der Waals surface area contributed by atoms with Gasteiger partial charge in [0.2, 0.25) is 0 Å². The van der Waals surface area contributed by atoms with Crippen molar-refractivity contribution in [2.45, 2.75) is 31.7 Å². The van der Waals surface area contributed by atoms with Crippen molar-refractivity contribution in [2.24, 2.45) is 11.8 Å². The number of ether oxygens (including phenoxy) is 1. The Kier molecular flexibility index (Phi) is 3.82. The number of carboxylic acids is 1. The fourth-order valence-electron chi connectivity index (χ4n) is 2.79. The zero-order valence-corrected chi connectivity index (χ0v) is 9.89. The van der Waals surface area contributed by atoms with Crippen molar-refractivity contribution in [1.82, 2.24) is 4.90 Å². The van der Waals surface area contributed by atoms with Crippen LogP contribution in [0.25, 0.3) is 0 Å². The highest BCUT2D eigenvalue weighted by Gasteiger charge is 2.39. The van der Waals surface area contributed by atoms with Gasteiger partial charge in [-0.15, -0.1) is 0 Å². The van der Waals surface area contributed by atoms with E-state index in [0.717, 1.165) is 39.0 Å². The molecule has 1 heterocycles. The lowest BCUT2D eigenvalue weighted by molar-refractivity contribution is -0.148. The van der Waals surface area contributed by atoms with Gasteiger partial charge in [-0.1, -0.05) is 0 Å². The van der Waals surface area contributed by atoms with Gasteiger partial charge in [0.1, 0.15) is 0 Å². The van der Waals surface area contributed by atoms with E-state index in [9.17, 15) is 4.79 Å². The summed E-state index contributed by atoms with van der Waals surface area (Å²) in [5, 5.41) is 9.01. The molecule has 1 aliphatic heterocycles. The lowest BCUT2D eigenvalue weighted by Gasteiger charge is -2.42. The normalized spacial score (nSPS) is 34.8. The minimum Gasteiger partial charge on any atom is -0.481 e. The van der Waals surface area contributed by atoms with Gasteiger partial charge in [0.25, 0.3) is 0 Å². The highest BCUT2D eigenvalue weighted by Crippen LogP contribution is 2.32. The van der Waals surface area contributed by atoms with E-state index in [1.165, 1.54) is 6.42 Å². The van der Waals surface area contributed by atoms with Crippen LogP contribution in [0.15, 0.2) is 0 Å². The molecular formula is C12H21NO3. The summed E-state index contributed by atoms with van der Waals surface area (Å²) < 4.78 is 5.45. The molecule has 2 rings (SSSR count). The van der Waals surface area contributed by atoms with Crippen molar-refractivity contribution in [1.29, 1.82) is 0 Å². The van der Waals surface area contributed by atoms with Gasteiger partial charge in [0.05, 0.1) is 12.5 Å². The summed E-state index contributed by atoms with van der Waals surface area (Å²) in [5.41, 5.74) is 0. The van der Waals surface area contributed by atoms with E-state index in [4.69, 9.17) is 9.84 Å². The minimum absolute atomic E-state index is 0.144. The molecule has 4 nitrogen and oxygen atoms in total. The molecule has 0 aromatic rings. The van der Waals surface area contributed by atoms with Crippen LogP contribution in [-0.4, -0.2) is 48.8 Å². The first-order valence-corrected chi connectivity index (χ1v) is 6.19. The predicted molar refractivity (Wildman–Crippen MR) is 60.3 cm³/mol. The molecular weight excluding hydrogens is 206 g/mol. The largest absolute Gasteiger partial charge is 0.481 e. The average Bonchev–Trinajstić information content (AvgIpc) is 2.16. The average molecular weight is 227 g/mol. The molecule has 2 aliphatic rings. The Morgan fingerprint density at radius 1 is 1.44 bits per heavy atom. The highest BCUT2D eigenvalue weighted by molar-refractivity contribution is 5.72. The van der Waals surface area contributed by atoms with Crippen LogP contribution in [0.1, 0.15) is 25.7 Å². The third kappa shape index (κ3) is 2.55. The van der Waals surface area contributed by atoms with Gasteiger partial charge in [-0.3, -0.25) is 4.79 Å². The lowest BCUT2D eigenvalue weighted by Crippen LogP contribution is -2.50. The summed E-state index contributed by atoms with van der Waals surface area (Å²) in [4.78, 5) is 13.2. The number of nitrogens with zero attached hydrogens (tertiary/aromatic N) is 1. The number of carboxylic acid groups (broad SMARTS) is 1. The summed E-state index contributed by atoms with van der Waals surface area (Å²) >= 11 is 0. The summed E-state index contributed by atoms with van der Waals surface area (Å²) in [6.07, 6.45) is 4.23. The predicted octanol–water partition coefficient (Wildman–Crippen LogP) is 1.21. The molecule has 1 aliphatic carbocycles. The molecule has 3 unspecified atom stereocenters. The van der Waals surface area contributed by atoms with Crippen LogP contribution >= 0.6 is 0 Å². The minimum atomic E-state index is -0.636. The van der Waals surface area contributed by atoms with Gasteiger partial charge >= 0.3 is 5.97 Å². The second-order valence-electron chi connectivity index (χ2n) is 5.11. The molecule has 0 amide bonds. The lowest BCUT2D eigenvalue weighted by atomic mass is 9.78. The number of carbonyl (C=O) groups is 1. The highest BCUT2D eigenvalue weighted by atomic mass is 16.5. The molecule has 0 radical (unpaired) electrons. The first-order valence-electron chi connectivity index (χ1n) is 6.19. The maximum atomic E-state index is 10.9. The molecule has 0 spiro atoms. The molecule has 16 heavy (non-hydrogen) atoms. The van der Waals surface area contributed by atoms with E-state index in [2.05, 4.69) is 4.90 Å². The molecule has 0 bridgehead atoms. The van der Waals surface area contributed by atoms with Crippen molar-refractivity contribution in [3.8, 4) is 0 Å². The zero-order valence-electron chi connectivity index (χ0n) is 9.89. The van der Waals surface area contributed by atoms with Gasteiger partial charge < -0.3 is 14.7 Å².